The lowest BCUT2D eigenvalue weighted by atomic mass is 10.3. The van der Waals surface area contributed by atoms with E-state index in [4.69, 9.17) is 17.4 Å². The molecule has 0 aliphatic carbocycles. The summed E-state index contributed by atoms with van der Waals surface area (Å²) < 4.78 is 0. The number of halogens is 1. The lowest BCUT2D eigenvalue weighted by molar-refractivity contribution is 0.814. The van der Waals surface area contributed by atoms with Crippen molar-refractivity contribution in [1.29, 1.82) is 0 Å². The van der Waals surface area contributed by atoms with Gasteiger partial charge in [0.2, 0.25) is 5.95 Å². The van der Waals surface area contributed by atoms with Crippen molar-refractivity contribution in [3.8, 4) is 0 Å². The molecule has 1 aromatic heterocycles. The van der Waals surface area contributed by atoms with Crippen LogP contribution in [0.1, 0.15) is 6.42 Å². The fraction of sp³-hybridized carbons (Fsp3) is 0.286. The molecule has 21 heavy (non-hydrogen) atoms. The lowest BCUT2D eigenvalue weighted by Gasteiger charge is -2.19. The van der Waals surface area contributed by atoms with Crippen molar-refractivity contribution in [3.05, 3.63) is 41.6 Å². The number of para-hydroxylation sites is 1. The second-order valence-electron chi connectivity index (χ2n) is 4.57. The number of nitrogen functional groups attached to an aromatic ring is 1. The second kappa shape index (κ2) is 7.66. The third-order valence-electron chi connectivity index (χ3n) is 3.03. The summed E-state index contributed by atoms with van der Waals surface area (Å²) in [5, 5.41) is 3.67. The van der Waals surface area contributed by atoms with Crippen molar-refractivity contribution >= 4 is 29.1 Å². The third kappa shape index (κ3) is 4.47. The molecule has 0 amide bonds. The van der Waals surface area contributed by atoms with E-state index in [0.717, 1.165) is 19.5 Å². The minimum absolute atomic E-state index is 0.336. The van der Waals surface area contributed by atoms with E-state index in [9.17, 15) is 0 Å². The highest BCUT2D eigenvalue weighted by molar-refractivity contribution is 6.32. The summed E-state index contributed by atoms with van der Waals surface area (Å²) in [5.74, 6) is 6.20. The van der Waals surface area contributed by atoms with Crippen LogP contribution < -0.4 is 21.5 Å². The van der Waals surface area contributed by atoms with Crippen molar-refractivity contribution in [2.75, 3.05) is 35.8 Å². The van der Waals surface area contributed by atoms with Gasteiger partial charge in [-0.2, -0.15) is 4.98 Å². The van der Waals surface area contributed by atoms with Gasteiger partial charge in [-0.05, 0) is 18.6 Å². The first-order chi connectivity index (χ1) is 10.2. The summed E-state index contributed by atoms with van der Waals surface area (Å²) in [6.45, 7) is 1.69. The summed E-state index contributed by atoms with van der Waals surface area (Å²) in [4.78, 5) is 10.3. The number of nitrogens with two attached hydrogens (primary N) is 1. The first kappa shape index (κ1) is 15.3. The largest absolute Gasteiger partial charge is 0.375 e. The van der Waals surface area contributed by atoms with Crippen LogP contribution in [0.15, 0.2) is 36.5 Å². The van der Waals surface area contributed by atoms with Gasteiger partial charge in [0, 0.05) is 25.8 Å². The zero-order valence-electron chi connectivity index (χ0n) is 11.9. The van der Waals surface area contributed by atoms with E-state index in [1.807, 2.05) is 18.2 Å². The Morgan fingerprint density at radius 2 is 2.05 bits per heavy atom. The Balaban J connectivity index is 1.80. The summed E-state index contributed by atoms with van der Waals surface area (Å²) in [6, 6.07) is 10.3. The lowest BCUT2D eigenvalue weighted by Crippen LogP contribution is -2.21. The van der Waals surface area contributed by atoms with Gasteiger partial charge in [0.05, 0.1) is 6.20 Å². The van der Waals surface area contributed by atoms with E-state index in [1.54, 1.807) is 0 Å². The molecule has 112 valence electrons. The number of nitrogens with zero attached hydrogens (tertiary/aromatic N) is 3. The highest BCUT2D eigenvalue weighted by atomic mass is 35.5. The number of aromatic nitrogens is 2. The molecule has 1 heterocycles. The molecule has 0 saturated heterocycles. The molecule has 0 saturated carbocycles. The minimum Gasteiger partial charge on any atom is -0.375 e. The van der Waals surface area contributed by atoms with E-state index in [-0.39, 0.29) is 0 Å². The second-order valence-corrected chi connectivity index (χ2v) is 4.98. The number of nitrogens with one attached hydrogen (secondary N) is 2. The van der Waals surface area contributed by atoms with Crippen LogP contribution in [0.5, 0.6) is 0 Å². The molecule has 4 N–H and O–H groups in total. The maximum Gasteiger partial charge on any atom is 0.239 e. The highest BCUT2D eigenvalue weighted by Crippen LogP contribution is 2.19. The summed E-state index contributed by atoms with van der Waals surface area (Å²) in [5.41, 5.74) is 3.60. The molecule has 0 unspecified atom stereocenters. The SMILES string of the molecule is CN(CCCNc1nc(NN)ncc1Cl)c1ccccc1. The van der Waals surface area contributed by atoms with Crippen LogP contribution in [-0.4, -0.2) is 30.1 Å². The van der Waals surface area contributed by atoms with E-state index < -0.39 is 0 Å². The zero-order chi connectivity index (χ0) is 15.1. The number of hydrogen-bond acceptors (Lipinski definition) is 6. The first-order valence-corrected chi connectivity index (χ1v) is 7.07. The molecular formula is C14H19ClN6. The molecule has 0 fully saturated rings. The molecule has 0 radical (unpaired) electrons. The third-order valence-corrected chi connectivity index (χ3v) is 3.31. The number of anilines is 3. The van der Waals surface area contributed by atoms with Crippen LogP contribution in [0, 0.1) is 0 Å². The van der Waals surface area contributed by atoms with Gasteiger partial charge < -0.3 is 10.2 Å². The summed E-state index contributed by atoms with van der Waals surface area (Å²) in [7, 11) is 2.07. The molecule has 1 aromatic carbocycles. The summed E-state index contributed by atoms with van der Waals surface area (Å²) >= 11 is 6.02. The van der Waals surface area contributed by atoms with Crippen LogP contribution in [0.3, 0.4) is 0 Å². The fourth-order valence-corrected chi connectivity index (χ4v) is 2.05. The highest BCUT2D eigenvalue weighted by Gasteiger charge is 2.04. The predicted octanol–water partition coefficient (Wildman–Crippen LogP) is 2.35. The number of hydrazine groups is 1. The van der Waals surface area contributed by atoms with Crippen molar-refractivity contribution < 1.29 is 0 Å². The van der Waals surface area contributed by atoms with Crippen molar-refractivity contribution in [2.45, 2.75) is 6.42 Å². The molecular weight excluding hydrogens is 288 g/mol. The smallest absolute Gasteiger partial charge is 0.239 e. The van der Waals surface area contributed by atoms with Gasteiger partial charge in [0.25, 0.3) is 0 Å². The van der Waals surface area contributed by atoms with Crippen LogP contribution in [0.25, 0.3) is 0 Å². The van der Waals surface area contributed by atoms with Gasteiger partial charge in [-0.1, -0.05) is 29.8 Å². The Hall–Kier alpha value is -2.05. The molecule has 0 atom stereocenters. The van der Waals surface area contributed by atoms with Crippen molar-refractivity contribution in [1.82, 2.24) is 9.97 Å². The van der Waals surface area contributed by atoms with Crippen LogP contribution >= 0.6 is 11.6 Å². The topological polar surface area (TPSA) is 79.1 Å². The minimum atomic E-state index is 0.336. The number of benzene rings is 1. The first-order valence-electron chi connectivity index (χ1n) is 6.70. The van der Waals surface area contributed by atoms with Crippen molar-refractivity contribution in [2.24, 2.45) is 5.84 Å². The van der Waals surface area contributed by atoms with Gasteiger partial charge in [0.1, 0.15) is 5.02 Å². The maximum absolute atomic E-state index is 6.02. The van der Waals surface area contributed by atoms with Crippen LogP contribution in [0.2, 0.25) is 5.02 Å². The predicted molar refractivity (Wildman–Crippen MR) is 87.7 cm³/mol. The average molecular weight is 307 g/mol. The monoisotopic (exact) mass is 306 g/mol. The van der Waals surface area contributed by atoms with Gasteiger partial charge in [-0.15, -0.1) is 0 Å². The van der Waals surface area contributed by atoms with Gasteiger partial charge in [0.15, 0.2) is 5.82 Å². The van der Waals surface area contributed by atoms with Crippen LogP contribution in [-0.2, 0) is 0 Å². The zero-order valence-corrected chi connectivity index (χ0v) is 12.6. The molecule has 0 bridgehead atoms. The van der Waals surface area contributed by atoms with Gasteiger partial charge in [-0.3, -0.25) is 5.43 Å². The normalized spacial score (nSPS) is 10.2. The fourth-order valence-electron chi connectivity index (χ4n) is 1.90. The average Bonchev–Trinajstić information content (AvgIpc) is 2.53. The van der Waals surface area contributed by atoms with E-state index >= 15 is 0 Å². The summed E-state index contributed by atoms with van der Waals surface area (Å²) in [6.07, 6.45) is 2.47. The standard InChI is InChI=1S/C14H19ClN6/c1-21(11-6-3-2-4-7-11)9-5-8-17-13-12(15)10-18-14(19-13)20-16/h2-4,6-7,10H,5,8-9,16H2,1H3,(H2,17,18,19,20). The Bertz CT molecular complexity index is 563. The molecule has 0 spiro atoms. The molecule has 2 aromatic rings. The number of rotatable bonds is 7. The van der Waals surface area contributed by atoms with Crippen molar-refractivity contribution in [3.63, 3.8) is 0 Å². The maximum atomic E-state index is 6.02. The van der Waals surface area contributed by atoms with E-state index in [0.29, 0.717) is 16.8 Å². The quantitative estimate of drug-likeness (QED) is 0.414. The van der Waals surface area contributed by atoms with E-state index in [1.165, 1.54) is 11.9 Å². The Morgan fingerprint density at radius 3 is 2.76 bits per heavy atom. The molecule has 6 nitrogen and oxygen atoms in total. The molecule has 2 rings (SSSR count). The molecule has 0 aliphatic heterocycles. The van der Waals surface area contributed by atoms with E-state index in [2.05, 4.69) is 44.8 Å². The molecule has 7 heteroatoms. The Morgan fingerprint density at radius 1 is 1.29 bits per heavy atom. The molecule has 0 aliphatic rings. The number of hydrogen-bond donors (Lipinski definition) is 3. The van der Waals surface area contributed by atoms with Crippen LogP contribution in [0.4, 0.5) is 17.5 Å². The van der Waals surface area contributed by atoms with Gasteiger partial charge >= 0.3 is 0 Å². The Kier molecular flexibility index (Phi) is 5.59. The Labute approximate surface area is 129 Å². The van der Waals surface area contributed by atoms with Gasteiger partial charge in [-0.25, -0.2) is 10.8 Å².